The standard InChI is InChI=1S/C16H22FN3O3/c1-11(2)19(7-8-21)16(23)18-13-9-15(22)20(10-13)14-5-3-12(17)4-6-14/h3-6,11,13,21H,7-10H2,1-2H3,(H,18,23)/t13-/m1/s1. The van der Waals surface area contributed by atoms with Crippen molar-refractivity contribution < 1.29 is 19.1 Å². The first-order valence-corrected chi connectivity index (χ1v) is 7.66. The second kappa shape index (κ2) is 7.41. The smallest absolute Gasteiger partial charge is 0.318 e. The van der Waals surface area contributed by atoms with Gasteiger partial charge in [-0.15, -0.1) is 0 Å². The number of nitrogens with zero attached hydrogens (tertiary/aromatic N) is 2. The summed E-state index contributed by atoms with van der Waals surface area (Å²) in [5.74, 6) is -0.470. The van der Waals surface area contributed by atoms with Gasteiger partial charge >= 0.3 is 6.03 Å². The van der Waals surface area contributed by atoms with E-state index in [-0.39, 0.29) is 49.4 Å². The summed E-state index contributed by atoms with van der Waals surface area (Å²) >= 11 is 0. The molecule has 1 aliphatic rings. The number of amides is 3. The molecule has 1 aliphatic heterocycles. The SMILES string of the molecule is CC(C)N(CCO)C(=O)N[C@@H]1CC(=O)N(c2ccc(F)cc2)C1. The van der Waals surface area contributed by atoms with Gasteiger partial charge in [0.1, 0.15) is 5.82 Å². The summed E-state index contributed by atoms with van der Waals surface area (Å²) in [5, 5.41) is 11.9. The van der Waals surface area contributed by atoms with Crippen molar-refractivity contribution in [3.63, 3.8) is 0 Å². The molecule has 0 saturated carbocycles. The Hall–Kier alpha value is -2.15. The third-order valence-electron chi connectivity index (χ3n) is 3.82. The van der Waals surface area contributed by atoms with Crippen LogP contribution >= 0.6 is 0 Å². The highest BCUT2D eigenvalue weighted by molar-refractivity contribution is 5.96. The first kappa shape index (κ1) is 17.2. The highest BCUT2D eigenvalue weighted by atomic mass is 19.1. The minimum atomic E-state index is -0.359. The van der Waals surface area contributed by atoms with Crippen molar-refractivity contribution in [2.75, 3.05) is 24.6 Å². The summed E-state index contributed by atoms with van der Waals surface area (Å²) in [6.07, 6.45) is 0.203. The molecule has 0 radical (unpaired) electrons. The van der Waals surface area contributed by atoms with Crippen molar-refractivity contribution in [1.29, 1.82) is 0 Å². The van der Waals surface area contributed by atoms with Gasteiger partial charge in [-0.1, -0.05) is 0 Å². The molecule has 2 N–H and O–H groups in total. The van der Waals surface area contributed by atoms with E-state index in [1.807, 2.05) is 13.8 Å². The molecule has 0 unspecified atom stereocenters. The third kappa shape index (κ3) is 4.19. The quantitative estimate of drug-likeness (QED) is 0.859. The molecule has 1 fully saturated rings. The number of aliphatic hydroxyl groups is 1. The molecule has 6 nitrogen and oxygen atoms in total. The molecular formula is C16H22FN3O3. The molecule has 1 heterocycles. The maximum atomic E-state index is 13.0. The van der Waals surface area contributed by atoms with Crippen LogP contribution in [-0.2, 0) is 4.79 Å². The molecule has 0 spiro atoms. The van der Waals surface area contributed by atoms with E-state index >= 15 is 0 Å². The fourth-order valence-corrected chi connectivity index (χ4v) is 2.63. The number of carbonyl (C=O) groups is 2. The van der Waals surface area contributed by atoms with Crippen LogP contribution in [-0.4, -0.2) is 53.7 Å². The maximum absolute atomic E-state index is 13.0. The molecule has 0 bridgehead atoms. The van der Waals surface area contributed by atoms with E-state index in [1.54, 1.807) is 12.1 Å². The summed E-state index contributed by atoms with van der Waals surface area (Å²) in [4.78, 5) is 27.4. The predicted molar refractivity (Wildman–Crippen MR) is 84.6 cm³/mol. The fourth-order valence-electron chi connectivity index (χ4n) is 2.63. The summed E-state index contributed by atoms with van der Waals surface area (Å²) in [6.45, 7) is 4.20. The van der Waals surface area contributed by atoms with Gasteiger partial charge in [0.05, 0.1) is 12.6 Å². The van der Waals surface area contributed by atoms with Gasteiger partial charge in [0.25, 0.3) is 0 Å². The average Bonchev–Trinajstić information content (AvgIpc) is 2.85. The number of hydrogen-bond donors (Lipinski definition) is 2. The Balaban J connectivity index is 1.99. The number of aliphatic hydroxyl groups excluding tert-OH is 1. The Morgan fingerprint density at radius 3 is 2.65 bits per heavy atom. The van der Waals surface area contributed by atoms with Crippen molar-refractivity contribution in [3.05, 3.63) is 30.1 Å². The number of hydrogen-bond acceptors (Lipinski definition) is 3. The second-order valence-corrected chi connectivity index (χ2v) is 5.84. The monoisotopic (exact) mass is 323 g/mol. The highest BCUT2D eigenvalue weighted by Gasteiger charge is 2.32. The first-order chi connectivity index (χ1) is 10.9. The van der Waals surface area contributed by atoms with E-state index in [0.717, 1.165) is 0 Å². The highest BCUT2D eigenvalue weighted by Crippen LogP contribution is 2.22. The first-order valence-electron chi connectivity index (χ1n) is 7.66. The molecule has 3 amide bonds. The lowest BCUT2D eigenvalue weighted by molar-refractivity contribution is -0.117. The molecule has 7 heteroatoms. The van der Waals surface area contributed by atoms with Crippen molar-refractivity contribution in [2.45, 2.75) is 32.4 Å². The van der Waals surface area contributed by atoms with Gasteiger partial charge in [0.2, 0.25) is 5.91 Å². The van der Waals surface area contributed by atoms with Crippen LogP contribution in [0.5, 0.6) is 0 Å². The van der Waals surface area contributed by atoms with E-state index in [1.165, 1.54) is 21.9 Å². The predicted octanol–water partition coefficient (Wildman–Crippen LogP) is 1.34. The van der Waals surface area contributed by atoms with Gasteiger partial charge in [-0.25, -0.2) is 9.18 Å². The molecule has 126 valence electrons. The Morgan fingerprint density at radius 2 is 2.09 bits per heavy atom. The van der Waals surface area contributed by atoms with E-state index in [2.05, 4.69) is 5.32 Å². The van der Waals surface area contributed by atoms with Crippen LogP contribution in [0.4, 0.5) is 14.9 Å². The maximum Gasteiger partial charge on any atom is 0.318 e. The topological polar surface area (TPSA) is 72.9 Å². The lowest BCUT2D eigenvalue weighted by Gasteiger charge is -2.27. The summed E-state index contributed by atoms with van der Waals surface area (Å²) < 4.78 is 13.0. The van der Waals surface area contributed by atoms with Crippen molar-refractivity contribution >= 4 is 17.6 Å². The lowest BCUT2D eigenvalue weighted by atomic mass is 10.2. The van der Waals surface area contributed by atoms with Crippen LogP contribution in [0.1, 0.15) is 20.3 Å². The van der Waals surface area contributed by atoms with Gasteiger partial charge in [-0.05, 0) is 38.1 Å². The number of urea groups is 1. The van der Waals surface area contributed by atoms with Crippen molar-refractivity contribution in [2.24, 2.45) is 0 Å². The zero-order valence-corrected chi connectivity index (χ0v) is 13.3. The van der Waals surface area contributed by atoms with Gasteiger partial charge in [-0.3, -0.25) is 4.79 Å². The van der Waals surface area contributed by atoms with Crippen LogP contribution in [0.2, 0.25) is 0 Å². The Kier molecular flexibility index (Phi) is 5.54. The Bertz CT molecular complexity index is 562. The van der Waals surface area contributed by atoms with Crippen LogP contribution < -0.4 is 10.2 Å². The molecule has 1 aromatic carbocycles. The van der Waals surface area contributed by atoms with Crippen LogP contribution in [0.15, 0.2) is 24.3 Å². The number of nitrogens with one attached hydrogen (secondary N) is 1. The minimum absolute atomic E-state index is 0.0487. The lowest BCUT2D eigenvalue weighted by Crippen LogP contribution is -2.49. The number of rotatable bonds is 5. The van der Waals surface area contributed by atoms with Crippen LogP contribution in [0.3, 0.4) is 0 Å². The van der Waals surface area contributed by atoms with Gasteiger partial charge in [-0.2, -0.15) is 0 Å². The summed E-state index contributed by atoms with van der Waals surface area (Å²) in [7, 11) is 0. The largest absolute Gasteiger partial charge is 0.395 e. The molecule has 1 saturated heterocycles. The molecule has 0 aliphatic carbocycles. The van der Waals surface area contributed by atoms with E-state index in [4.69, 9.17) is 5.11 Å². The Morgan fingerprint density at radius 1 is 1.43 bits per heavy atom. The average molecular weight is 323 g/mol. The summed E-state index contributed by atoms with van der Waals surface area (Å²) in [5.41, 5.74) is 0.615. The number of anilines is 1. The number of benzene rings is 1. The molecule has 2 rings (SSSR count). The Labute approximate surface area is 134 Å². The zero-order valence-electron chi connectivity index (χ0n) is 13.3. The molecular weight excluding hydrogens is 301 g/mol. The van der Waals surface area contributed by atoms with Gasteiger partial charge in [0, 0.05) is 31.2 Å². The van der Waals surface area contributed by atoms with E-state index < -0.39 is 0 Å². The third-order valence-corrected chi connectivity index (χ3v) is 3.82. The van der Waals surface area contributed by atoms with Crippen LogP contribution in [0, 0.1) is 5.82 Å². The second-order valence-electron chi connectivity index (χ2n) is 5.84. The van der Waals surface area contributed by atoms with E-state index in [9.17, 15) is 14.0 Å². The molecule has 1 atom stereocenters. The van der Waals surface area contributed by atoms with Gasteiger partial charge < -0.3 is 20.2 Å². The van der Waals surface area contributed by atoms with E-state index in [0.29, 0.717) is 12.2 Å². The normalized spacial score (nSPS) is 17.7. The zero-order chi connectivity index (χ0) is 17.0. The fraction of sp³-hybridized carbons (Fsp3) is 0.500. The number of halogens is 1. The molecule has 23 heavy (non-hydrogen) atoms. The molecule has 1 aromatic rings. The van der Waals surface area contributed by atoms with Gasteiger partial charge in [0.15, 0.2) is 0 Å². The molecule has 0 aromatic heterocycles. The van der Waals surface area contributed by atoms with Crippen molar-refractivity contribution in [3.8, 4) is 0 Å². The summed E-state index contributed by atoms with van der Waals surface area (Å²) in [6, 6.07) is 5.04. The van der Waals surface area contributed by atoms with Crippen LogP contribution in [0.25, 0.3) is 0 Å². The van der Waals surface area contributed by atoms with Crippen molar-refractivity contribution in [1.82, 2.24) is 10.2 Å². The minimum Gasteiger partial charge on any atom is -0.395 e. The number of carbonyl (C=O) groups excluding carboxylic acids is 2.